The lowest BCUT2D eigenvalue weighted by atomic mass is 10.4. The molecule has 0 saturated heterocycles. The van der Waals surface area contributed by atoms with Crippen LogP contribution in [0.3, 0.4) is 0 Å². The fourth-order valence-electron chi connectivity index (χ4n) is 1.15. The standard InChI is InChI=1S/C12H27NO3/c1-4-14-7-5-8-15-10-11-16-9-6-13-12(2)3/h12-13H,4-11H2,1-3H3. The highest BCUT2D eigenvalue weighted by Crippen LogP contribution is 1.85. The Morgan fingerprint density at radius 2 is 1.50 bits per heavy atom. The molecule has 0 aliphatic rings. The quantitative estimate of drug-likeness (QED) is 0.518. The molecule has 0 rings (SSSR count). The second kappa shape index (κ2) is 12.9. The number of rotatable bonds is 12. The zero-order chi connectivity index (χ0) is 12.1. The monoisotopic (exact) mass is 233 g/mol. The second-order valence-electron chi connectivity index (χ2n) is 3.88. The molecule has 0 heterocycles. The molecule has 0 aromatic carbocycles. The summed E-state index contributed by atoms with van der Waals surface area (Å²) in [6.07, 6.45) is 0.961. The Kier molecular flexibility index (Phi) is 12.8. The van der Waals surface area contributed by atoms with Crippen LogP contribution in [0.5, 0.6) is 0 Å². The van der Waals surface area contributed by atoms with Crippen LogP contribution in [0, 0.1) is 0 Å². The third-order valence-corrected chi connectivity index (χ3v) is 1.95. The molecule has 0 amide bonds. The van der Waals surface area contributed by atoms with E-state index < -0.39 is 0 Å². The predicted molar refractivity (Wildman–Crippen MR) is 65.9 cm³/mol. The van der Waals surface area contributed by atoms with E-state index in [4.69, 9.17) is 14.2 Å². The lowest BCUT2D eigenvalue weighted by Gasteiger charge is -2.08. The first-order valence-electron chi connectivity index (χ1n) is 6.24. The van der Waals surface area contributed by atoms with Gasteiger partial charge >= 0.3 is 0 Å². The van der Waals surface area contributed by atoms with Gasteiger partial charge in [0.1, 0.15) is 0 Å². The van der Waals surface area contributed by atoms with Crippen LogP contribution >= 0.6 is 0 Å². The summed E-state index contributed by atoms with van der Waals surface area (Å²) in [5.41, 5.74) is 0. The fraction of sp³-hybridized carbons (Fsp3) is 1.00. The first kappa shape index (κ1) is 15.8. The molecule has 0 fully saturated rings. The van der Waals surface area contributed by atoms with Crippen molar-refractivity contribution in [1.29, 1.82) is 0 Å². The Morgan fingerprint density at radius 3 is 2.12 bits per heavy atom. The first-order chi connectivity index (χ1) is 7.77. The second-order valence-corrected chi connectivity index (χ2v) is 3.88. The topological polar surface area (TPSA) is 39.7 Å². The number of nitrogens with one attached hydrogen (secondary N) is 1. The zero-order valence-corrected chi connectivity index (χ0v) is 11.0. The summed E-state index contributed by atoms with van der Waals surface area (Å²) < 4.78 is 16.0. The van der Waals surface area contributed by atoms with Crippen LogP contribution in [0.25, 0.3) is 0 Å². The van der Waals surface area contributed by atoms with E-state index in [9.17, 15) is 0 Å². The fourth-order valence-corrected chi connectivity index (χ4v) is 1.15. The Labute approximate surface area is 99.6 Å². The molecule has 0 saturated carbocycles. The minimum atomic E-state index is 0.526. The van der Waals surface area contributed by atoms with E-state index >= 15 is 0 Å². The van der Waals surface area contributed by atoms with E-state index in [0.717, 1.165) is 39.4 Å². The van der Waals surface area contributed by atoms with E-state index in [2.05, 4.69) is 19.2 Å². The zero-order valence-electron chi connectivity index (χ0n) is 11.0. The van der Waals surface area contributed by atoms with E-state index in [1.807, 2.05) is 6.92 Å². The summed E-state index contributed by atoms with van der Waals surface area (Å²) in [4.78, 5) is 0. The summed E-state index contributed by atoms with van der Waals surface area (Å²) in [5.74, 6) is 0. The summed E-state index contributed by atoms with van der Waals surface area (Å²) in [7, 11) is 0. The minimum absolute atomic E-state index is 0.526. The van der Waals surface area contributed by atoms with Gasteiger partial charge in [-0.25, -0.2) is 0 Å². The van der Waals surface area contributed by atoms with Crippen LogP contribution in [0.15, 0.2) is 0 Å². The lowest BCUT2D eigenvalue weighted by molar-refractivity contribution is 0.0373. The molecule has 0 spiro atoms. The van der Waals surface area contributed by atoms with Crippen molar-refractivity contribution >= 4 is 0 Å². The Morgan fingerprint density at radius 1 is 0.875 bits per heavy atom. The van der Waals surface area contributed by atoms with Gasteiger partial charge in [0.25, 0.3) is 0 Å². The van der Waals surface area contributed by atoms with Gasteiger partial charge in [-0.1, -0.05) is 13.8 Å². The molecule has 16 heavy (non-hydrogen) atoms. The Hall–Kier alpha value is -0.160. The molecule has 0 unspecified atom stereocenters. The van der Waals surface area contributed by atoms with Crippen LogP contribution in [0.4, 0.5) is 0 Å². The largest absolute Gasteiger partial charge is 0.382 e. The molecule has 98 valence electrons. The third-order valence-electron chi connectivity index (χ3n) is 1.95. The van der Waals surface area contributed by atoms with E-state index in [-0.39, 0.29) is 0 Å². The van der Waals surface area contributed by atoms with Gasteiger partial charge in [-0.05, 0) is 13.3 Å². The third kappa shape index (κ3) is 13.8. The minimum Gasteiger partial charge on any atom is -0.382 e. The average Bonchev–Trinajstić information content (AvgIpc) is 2.25. The highest BCUT2D eigenvalue weighted by Gasteiger charge is 1.93. The van der Waals surface area contributed by atoms with Crippen LogP contribution in [-0.4, -0.2) is 52.2 Å². The lowest BCUT2D eigenvalue weighted by Crippen LogP contribution is -2.27. The van der Waals surface area contributed by atoms with Gasteiger partial charge in [0, 0.05) is 32.4 Å². The number of hydrogen-bond donors (Lipinski definition) is 1. The van der Waals surface area contributed by atoms with E-state index in [1.54, 1.807) is 0 Å². The van der Waals surface area contributed by atoms with Crippen molar-refractivity contribution in [2.75, 3.05) is 46.2 Å². The molecule has 0 atom stereocenters. The van der Waals surface area contributed by atoms with Gasteiger partial charge in [0.2, 0.25) is 0 Å². The molecule has 0 bridgehead atoms. The van der Waals surface area contributed by atoms with Crippen molar-refractivity contribution in [3.8, 4) is 0 Å². The Balaban J connectivity index is 2.88. The highest BCUT2D eigenvalue weighted by molar-refractivity contribution is 4.50. The summed E-state index contributed by atoms with van der Waals surface area (Å²) in [6.45, 7) is 11.6. The van der Waals surface area contributed by atoms with E-state index in [0.29, 0.717) is 19.3 Å². The highest BCUT2D eigenvalue weighted by atomic mass is 16.5. The molecular formula is C12H27NO3. The van der Waals surface area contributed by atoms with Crippen LogP contribution in [0.1, 0.15) is 27.2 Å². The molecule has 0 aromatic heterocycles. The van der Waals surface area contributed by atoms with Gasteiger partial charge < -0.3 is 19.5 Å². The van der Waals surface area contributed by atoms with Crippen molar-refractivity contribution in [2.45, 2.75) is 33.2 Å². The number of ether oxygens (including phenoxy) is 3. The van der Waals surface area contributed by atoms with Crippen LogP contribution in [-0.2, 0) is 14.2 Å². The summed E-state index contributed by atoms with van der Waals surface area (Å²) in [6, 6.07) is 0.526. The normalized spacial score (nSPS) is 11.2. The van der Waals surface area contributed by atoms with Gasteiger partial charge in [-0.2, -0.15) is 0 Å². The van der Waals surface area contributed by atoms with Crippen molar-refractivity contribution < 1.29 is 14.2 Å². The van der Waals surface area contributed by atoms with Crippen molar-refractivity contribution in [3.05, 3.63) is 0 Å². The van der Waals surface area contributed by atoms with Gasteiger partial charge in [-0.3, -0.25) is 0 Å². The van der Waals surface area contributed by atoms with Crippen molar-refractivity contribution in [2.24, 2.45) is 0 Å². The molecule has 0 aliphatic heterocycles. The molecule has 0 radical (unpaired) electrons. The predicted octanol–water partition coefficient (Wildman–Crippen LogP) is 1.44. The molecule has 1 N–H and O–H groups in total. The van der Waals surface area contributed by atoms with Crippen LogP contribution in [0.2, 0.25) is 0 Å². The van der Waals surface area contributed by atoms with Gasteiger partial charge in [0.05, 0.1) is 19.8 Å². The molecule has 4 heteroatoms. The summed E-state index contributed by atoms with van der Waals surface area (Å²) in [5, 5.41) is 3.29. The summed E-state index contributed by atoms with van der Waals surface area (Å²) >= 11 is 0. The van der Waals surface area contributed by atoms with Crippen molar-refractivity contribution in [3.63, 3.8) is 0 Å². The smallest absolute Gasteiger partial charge is 0.0701 e. The molecule has 4 nitrogen and oxygen atoms in total. The molecule has 0 aromatic rings. The van der Waals surface area contributed by atoms with Crippen molar-refractivity contribution in [1.82, 2.24) is 5.32 Å². The SMILES string of the molecule is CCOCCCOCCOCCNC(C)C. The van der Waals surface area contributed by atoms with Gasteiger partial charge in [0.15, 0.2) is 0 Å². The van der Waals surface area contributed by atoms with Crippen LogP contribution < -0.4 is 5.32 Å². The maximum atomic E-state index is 5.39. The maximum Gasteiger partial charge on any atom is 0.0701 e. The molecular weight excluding hydrogens is 206 g/mol. The molecule has 0 aliphatic carbocycles. The van der Waals surface area contributed by atoms with Gasteiger partial charge in [-0.15, -0.1) is 0 Å². The average molecular weight is 233 g/mol. The van der Waals surface area contributed by atoms with E-state index in [1.165, 1.54) is 0 Å². The Bertz CT molecular complexity index is 131. The number of hydrogen-bond acceptors (Lipinski definition) is 4. The first-order valence-corrected chi connectivity index (χ1v) is 6.24. The maximum absolute atomic E-state index is 5.39.